The van der Waals surface area contributed by atoms with Gasteiger partial charge in [0.2, 0.25) is 0 Å². The lowest BCUT2D eigenvalue weighted by Crippen LogP contribution is -2.43. The zero-order valence-electron chi connectivity index (χ0n) is 12.2. The molecule has 0 aromatic heterocycles. The summed E-state index contributed by atoms with van der Waals surface area (Å²) in [6.45, 7) is 7.77. The topological polar surface area (TPSA) is 64.3 Å². The Morgan fingerprint density at radius 2 is 1.89 bits per heavy atom. The molecule has 0 heterocycles. The van der Waals surface area contributed by atoms with Crippen LogP contribution < -0.4 is 11.1 Å². The molecule has 0 aromatic carbocycles. The van der Waals surface area contributed by atoms with E-state index < -0.39 is 5.60 Å². The maximum atomic E-state index is 11.6. The zero-order valence-corrected chi connectivity index (χ0v) is 12.2. The van der Waals surface area contributed by atoms with Crippen LogP contribution in [0.1, 0.15) is 59.8 Å². The normalized spacial score (nSPS) is 26.5. The molecule has 0 radical (unpaired) electrons. The Morgan fingerprint density at radius 1 is 1.33 bits per heavy atom. The van der Waals surface area contributed by atoms with E-state index in [9.17, 15) is 4.79 Å². The van der Waals surface area contributed by atoms with Gasteiger partial charge < -0.3 is 15.8 Å². The molecule has 0 spiro atoms. The van der Waals surface area contributed by atoms with Crippen LogP contribution in [0, 0.1) is 5.92 Å². The summed E-state index contributed by atoms with van der Waals surface area (Å²) in [7, 11) is 0. The van der Waals surface area contributed by atoms with Gasteiger partial charge in [-0.25, -0.2) is 4.79 Å². The number of hydrogen-bond donors (Lipinski definition) is 2. The van der Waals surface area contributed by atoms with E-state index in [0.29, 0.717) is 12.0 Å². The number of nitrogens with one attached hydrogen (secondary N) is 1. The first-order valence-electron chi connectivity index (χ1n) is 7.07. The first-order chi connectivity index (χ1) is 8.31. The summed E-state index contributed by atoms with van der Waals surface area (Å²) in [5.41, 5.74) is 5.64. The molecule has 1 fully saturated rings. The molecular weight excluding hydrogens is 228 g/mol. The van der Waals surface area contributed by atoms with Crippen molar-refractivity contribution >= 4 is 6.09 Å². The van der Waals surface area contributed by atoms with Crippen LogP contribution in [0.25, 0.3) is 0 Å². The first-order valence-corrected chi connectivity index (χ1v) is 7.07. The number of hydrogen-bond acceptors (Lipinski definition) is 3. The van der Waals surface area contributed by atoms with Crippen LogP contribution in [0.3, 0.4) is 0 Å². The van der Waals surface area contributed by atoms with Crippen molar-refractivity contribution in [2.75, 3.05) is 0 Å². The molecule has 0 saturated heterocycles. The quantitative estimate of drug-likeness (QED) is 0.816. The molecule has 1 aliphatic carbocycles. The van der Waals surface area contributed by atoms with Crippen molar-refractivity contribution in [1.29, 1.82) is 0 Å². The maximum Gasteiger partial charge on any atom is 0.407 e. The third-order valence-corrected chi connectivity index (χ3v) is 3.57. The smallest absolute Gasteiger partial charge is 0.407 e. The van der Waals surface area contributed by atoms with Gasteiger partial charge in [-0.2, -0.15) is 0 Å². The number of carbonyl (C=O) groups is 1. The molecule has 1 rings (SSSR count). The van der Waals surface area contributed by atoms with Crippen LogP contribution in [0.2, 0.25) is 0 Å². The molecule has 0 bridgehead atoms. The predicted molar refractivity (Wildman–Crippen MR) is 73.4 cm³/mol. The maximum absolute atomic E-state index is 11.6. The Kier molecular flexibility index (Phi) is 5.45. The van der Waals surface area contributed by atoms with E-state index in [1.807, 2.05) is 20.8 Å². The number of nitrogens with two attached hydrogens (primary N) is 1. The second-order valence-electron chi connectivity index (χ2n) is 6.33. The van der Waals surface area contributed by atoms with E-state index in [1.165, 1.54) is 0 Å². The standard InChI is InChI=1S/C14H28N2O2/c1-5-12(15)10-6-8-11(9-7-10)16-13(17)18-14(2,3)4/h10-12H,5-9,15H2,1-4H3,(H,16,17)/t10?,11?,12-/m0/s1. The van der Waals surface area contributed by atoms with Crippen LogP contribution in [0.15, 0.2) is 0 Å². The highest BCUT2D eigenvalue weighted by atomic mass is 16.6. The molecule has 0 aliphatic heterocycles. The Balaban J connectivity index is 2.29. The number of amides is 1. The molecule has 1 aliphatic rings. The van der Waals surface area contributed by atoms with Crippen molar-refractivity contribution in [2.24, 2.45) is 11.7 Å². The van der Waals surface area contributed by atoms with E-state index >= 15 is 0 Å². The fourth-order valence-corrected chi connectivity index (χ4v) is 2.50. The summed E-state index contributed by atoms with van der Waals surface area (Å²) in [6, 6.07) is 0.563. The molecule has 1 amide bonds. The van der Waals surface area contributed by atoms with Crippen molar-refractivity contribution in [3.63, 3.8) is 0 Å². The minimum absolute atomic E-state index is 0.250. The number of carbonyl (C=O) groups excluding carboxylic acids is 1. The lowest BCUT2D eigenvalue weighted by atomic mass is 9.81. The van der Waals surface area contributed by atoms with Crippen molar-refractivity contribution in [3.8, 4) is 0 Å². The lowest BCUT2D eigenvalue weighted by molar-refractivity contribution is 0.0485. The molecule has 1 saturated carbocycles. The Morgan fingerprint density at radius 3 is 2.33 bits per heavy atom. The monoisotopic (exact) mass is 256 g/mol. The highest BCUT2D eigenvalue weighted by molar-refractivity contribution is 5.68. The molecule has 0 aromatic rings. The van der Waals surface area contributed by atoms with E-state index in [1.54, 1.807) is 0 Å². The number of ether oxygens (including phenoxy) is 1. The highest BCUT2D eigenvalue weighted by Gasteiger charge is 2.26. The van der Waals surface area contributed by atoms with Gasteiger partial charge in [-0.15, -0.1) is 0 Å². The first kappa shape index (κ1) is 15.3. The fourth-order valence-electron chi connectivity index (χ4n) is 2.50. The van der Waals surface area contributed by atoms with Crippen molar-refractivity contribution < 1.29 is 9.53 Å². The van der Waals surface area contributed by atoms with Crippen LogP contribution in [-0.4, -0.2) is 23.8 Å². The van der Waals surface area contributed by atoms with Crippen LogP contribution in [0.5, 0.6) is 0 Å². The summed E-state index contributed by atoms with van der Waals surface area (Å²) < 4.78 is 5.26. The van der Waals surface area contributed by atoms with Gasteiger partial charge in [-0.3, -0.25) is 0 Å². The van der Waals surface area contributed by atoms with Crippen molar-refractivity contribution in [3.05, 3.63) is 0 Å². The Labute approximate surface area is 111 Å². The Hall–Kier alpha value is -0.770. The van der Waals surface area contributed by atoms with E-state index in [0.717, 1.165) is 32.1 Å². The predicted octanol–water partition coefficient (Wildman–Crippen LogP) is 2.81. The van der Waals surface area contributed by atoms with Gasteiger partial charge in [0.05, 0.1) is 0 Å². The average Bonchev–Trinajstić information content (AvgIpc) is 2.26. The largest absolute Gasteiger partial charge is 0.444 e. The summed E-state index contributed by atoms with van der Waals surface area (Å²) >= 11 is 0. The van der Waals surface area contributed by atoms with Crippen molar-refractivity contribution in [2.45, 2.75) is 77.5 Å². The Bertz CT molecular complexity index is 265. The van der Waals surface area contributed by atoms with E-state index in [4.69, 9.17) is 10.5 Å². The molecule has 4 nitrogen and oxygen atoms in total. The average molecular weight is 256 g/mol. The highest BCUT2D eigenvalue weighted by Crippen LogP contribution is 2.27. The van der Waals surface area contributed by atoms with Gasteiger partial charge >= 0.3 is 6.09 Å². The van der Waals surface area contributed by atoms with Gasteiger partial charge in [-0.1, -0.05) is 6.92 Å². The molecule has 106 valence electrons. The summed E-state index contributed by atoms with van der Waals surface area (Å²) in [5.74, 6) is 0.617. The summed E-state index contributed by atoms with van der Waals surface area (Å²) in [6.07, 6.45) is 4.97. The molecule has 4 heteroatoms. The van der Waals surface area contributed by atoms with Gasteiger partial charge in [0.1, 0.15) is 5.60 Å². The SMILES string of the molecule is CC[C@H](N)C1CCC(NC(=O)OC(C)(C)C)CC1. The molecular formula is C14H28N2O2. The second-order valence-corrected chi connectivity index (χ2v) is 6.33. The van der Waals surface area contributed by atoms with Gasteiger partial charge in [0.15, 0.2) is 0 Å². The van der Waals surface area contributed by atoms with Crippen LogP contribution in [0.4, 0.5) is 4.79 Å². The second kappa shape index (κ2) is 6.41. The van der Waals surface area contributed by atoms with Gasteiger partial charge in [0.25, 0.3) is 0 Å². The number of alkyl carbamates (subject to hydrolysis) is 1. The fraction of sp³-hybridized carbons (Fsp3) is 0.929. The molecule has 3 N–H and O–H groups in total. The third kappa shape index (κ3) is 5.25. The minimum atomic E-state index is -0.425. The van der Waals surface area contributed by atoms with Crippen LogP contribution >= 0.6 is 0 Å². The van der Waals surface area contributed by atoms with Gasteiger partial charge in [-0.05, 0) is 58.8 Å². The molecule has 18 heavy (non-hydrogen) atoms. The van der Waals surface area contributed by atoms with E-state index in [-0.39, 0.29) is 12.1 Å². The molecule has 0 unspecified atom stereocenters. The van der Waals surface area contributed by atoms with E-state index in [2.05, 4.69) is 12.2 Å². The summed E-state index contributed by atoms with van der Waals surface area (Å²) in [4.78, 5) is 11.6. The lowest BCUT2D eigenvalue weighted by Gasteiger charge is -2.32. The van der Waals surface area contributed by atoms with Crippen LogP contribution in [-0.2, 0) is 4.74 Å². The molecule has 1 atom stereocenters. The van der Waals surface area contributed by atoms with Gasteiger partial charge in [0, 0.05) is 12.1 Å². The number of rotatable bonds is 3. The third-order valence-electron chi connectivity index (χ3n) is 3.57. The minimum Gasteiger partial charge on any atom is -0.444 e. The zero-order chi connectivity index (χ0) is 13.8. The van der Waals surface area contributed by atoms with Crippen molar-refractivity contribution in [1.82, 2.24) is 5.32 Å². The summed E-state index contributed by atoms with van der Waals surface area (Å²) in [5, 5.41) is 2.95.